The van der Waals surface area contributed by atoms with Crippen LogP contribution >= 0.6 is 35.4 Å². The number of anilines is 1. The minimum absolute atomic E-state index is 0.199. The van der Waals surface area contributed by atoms with Gasteiger partial charge in [-0.2, -0.15) is 0 Å². The van der Waals surface area contributed by atoms with Gasteiger partial charge < -0.3 is 9.73 Å². The van der Waals surface area contributed by atoms with Gasteiger partial charge in [0.15, 0.2) is 5.11 Å². The quantitative estimate of drug-likeness (QED) is 0.222. The molecule has 4 rings (SSSR count). The highest BCUT2D eigenvalue weighted by atomic mass is 35.5. The van der Waals surface area contributed by atoms with Gasteiger partial charge in [-0.1, -0.05) is 35.3 Å². The van der Waals surface area contributed by atoms with Gasteiger partial charge in [0.1, 0.15) is 11.5 Å². The Labute approximate surface area is 212 Å². The monoisotopic (exact) mass is 507 g/mol. The second-order valence-corrected chi connectivity index (χ2v) is 8.65. The zero-order valence-electron chi connectivity index (χ0n) is 17.8. The summed E-state index contributed by atoms with van der Waals surface area (Å²) in [6.45, 7) is 0. The Morgan fingerprint density at radius 1 is 0.941 bits per heavy atom. The van der Waals surface area contributed by atoms with E-state index in [0.717, 1.165) is 23.2 Å². The molecule has 4 aromatic rings. The standard InChI is InChI=1S/C26H19Cl2N3O2S/c27-20-14-19(15-21(28)16-20)24-7-5-23(33-24)6-8-25(32)31-26(34)30-22-3-1-17(2-4-22)13-18-9-11-29-12-10-18/h1-12,14-16H,13H2,(H2,30,31,32,34)/b8-6+. The van der Waals surface area contributed by atoms with Gasteiger partial charge in [-0.25, -0.2) is 0 Å². The van der Waals surface area contributed by atoms with Gasteiger partial charge in [-0.15, -0.1) is 0 Å². The second kappa shape index (κ2) is 11.1. The summed E-state index contributed by atoms with van der Waals surface area (Å²) in [5.41, 5.74) is 3.88. The van der Waals surface area contributed by atoms with E-state index in [1.165, 1.54) is 11.6 Å². The van der Waals surface area contributed by atoms with Crippen LogP contribution in [0.5, 0.6) is 0 Å². The summed E-state index contributed by atoms with van der Waals surface area (Å²) in [5, 5.41) is 6.85. The Hall–Kier alpha value is -3.45. The fourth-order valence-electron chi connectivity index (χ4n) is 3.21. The van der Waals surface area contributed by atoms with E-state index in [1.54, 1.807) is 48.8 Å². The highest BCUT2D eigenvalue weighted by molar-refractivity contribution is 7.80. The summed E-state index contributed by atoms with van der Waals surface area (Å²) in [5.74, 6) is 0.717. The Balaban J connectivity index is 1.29. The molecule has 2 aromatic carbocycles. The van der Waals surface area contributed by atoms with Crippen molar-refractivity contribution in [1.82, 2.24) is 10.3 Å². The van der Waals surface area contributed by atoms with Gasteiger partial charge in [-0.3, -0.25) is 15.1 Å². The molecule has 0 aliphatic rings. The smallest absolute Gasteiger partial charge is 0.250 e. The fourth-order valence-corrected chi connectivity index (χ4v) is 3.95. The lowest BCUT2D eigenvalue weighted by atomic mass is 10.1. The number of furan rings is 1. The molecule has 34 heavy (non-hydrogen) atoms. The van der Waals surface area contributed by atoms with Gasteiger partial charge in [0.2, 0.25) is 5.91 Å². The topological polar surface area (TPSA) is 67.2 Å². The lowest BCUT2D eigenvalue weighted by Gasteiger charge is -2.09. The maximum Gasteiger partial charge on any atom is 0.250 e. The summed E-state index contributed by atoms with van der Waals surface area (Å²) in [4.78, 5) is 16.3. The molecule has 0 saturated heterocycles. The lowest BCUT2D eigenvalue weighted by Crippen LogP contribution is -2.32. The van der Waals surface area contributed by atoms with E-state index in [1.807, 2.05) is 36.4 Å². The number of pyridine rings is 1. The number of halogens is 2. The molecule has 0 saturated carbocycles. The molecule has 0 aliphatic heterocycles. The molecule has 0 radical (unpaired) electrons. The zero-order valence-corrected chi connectivity index (χ0v) is 20.1. The number of rotatable bonds is 6. The van der Waals surface area contributed by atoms with Crippen LogP contribution in [0, 0.1) is 0 Å². The molecular weight excluding hydrogens is 489 g/mol. The number of carbonyl (C=O) groups excluding carboxylic acids is 1. The predicted octanol–water partition coefficient (Wildman–Crippen LogP) is 6.77. The molecule has 0 atom stereocenters. The number of nitrogens with zero attached hydrogens (tertiary/aromatic N) is 1. The molecule has 2 N–H and O–H groups in total. The summed E-state index contributed by atoms with van der Waals surface area (Å²) >= 11 is 17.3. The SMILES string of the molecule is O=C(/C=C/c1ccc(-c2cc(Cl)cc(Cl)c2)o1)NC(=S)Nc1ccc(Cc2ccncc2)cc1. The van der Waals surface area contributed by atoms with E-state index < -0.39 is 0 Å². The van der Waals surface area contributed by atoms with E-state index >= 15 is 0 Å². The number of benzene rings is 2. The molecule has 170 valence electrons. The van der Waals surface area contributed by atoms with Gasteiger partial charge >= 0.3 is 0 Å². The molecule has 0 fully saturated rings. The Bertz CT molecular complexity index is 1320. The van der Waals surface area contributed by atoms with Crippen LogP contribution < -0.4 is 10.6 Å². The Morgan fingerprint density at radius 2 is 1.62 bits per heavy atom. The molecule has 0 unspecified atom stereocenters. The van der Waals surface area contributed by atoms with Crippen LogP contribution in [-0.2, 0) is 11.2 Å². The van der Waals surface area contributed by atoms with Crippen LogP contribution in [-0.4, -0.2) is 16.0 Å². The minimum Gasteiger partial charge on any atom is -0.457 e. The number of carbonyl (C=O) groups is 1. The predicted molar refractivity (Wildman–Crippen MR) is 141 cm³/mol. The van der Waals surface area contributed by atoms with E-state index in [4.69, 9.17) is 39.8 Å². The van der Waals surface area contributed by atoms with Gasteiger partial charge in [-0.05, 0) is 90.4 Å². The Kier molecular flexibility index (Phi) is 7.75. The van der Waals surface area contributed by atoms with Crippen molar-refractivity contribution in [3.05, 3.63) is 112 Å². The van der Waals surface area contributed by atoms with Crippen molar-refractivity contribution in [2.75, 3.05) is 5.32 Å². The molecule has 8 heteroatoms. The van der Waals surface area contributed by atoms with E-state index in [2.05, 4.69) is 15.6 Å². The van der Waals surface area contributed by atoms with Crippen molar-refractivity contribution in [2.45, 2.75) is 6.42 Å². The summed E-state index contributed by atoms with van der Waals surface area (Å²) in [7, 11) is 0. The van der Waals surface area contributed by atoms with Crippen molar-refractivity contribution >= 4 is 58.2 Å². The summed E-state index contributed by atoms with van der Waals surface area (Å²) in [6, 6.07) is 20.5. The van der Waals surface area contributed by atoms with E-state index in [9.17, 15) is 4.79 Å². The largest absolute Gasteiger partial charge is 0.457 e. The van der Waals surface area contributed by atoms with Crippen molar-refractivity contribution in [3.8, 4) is 11.3 Å². The average Bonchev–Trinajstić information content (AvgIpc) is 3.28. The first-order chi connectivity index (χ1) is 16.4. The third-order valence-corrected chi connectivity index (χ3v) is 5.42. The average molecular weight is 508 g/mol. The zero-order chi connectivity index (χ0) is 23.9. The van der Waals surface area contributed by atoms with Crippen molar-refractivity contribution in [1.29, 1.82) is 0 Å². The number of hydrogen-bond donors (Lipinski definition) is 2. The summed E-state index contributed by atoms with van der Waals surface area (Å²) in [6.07, 6.45) is 7.27. The highest BCUT2D eigenvalue weighted by Gasteiger charge is 2.07. The third-order valence-electron chi connectivity index (χ3n) is 4.78. The maximum absolute atomic E-state index is 12.2. The number of amides is 1. The molecular formula is C26H19Cl2N3O2S. The molecule has 0 bridgehead atoms. The maximum atomic E-state index is 12.2. The Morgan fingerprint density at radius 3 is 2.32 bits per heavy atom. The van der Waals surface area contributed by atoms with Gasteiger partial charge in [0, 0.05) is 39.8 Å². The van der Waals surface area contributed by atoms with E-state index in [0.29, 0.717) is 21.6 Å². The van der Waals surface area contributed by atoms with Crippen LogP contribution in [0.1, 0.15) is 16.9 Å². The van der Waals surface area contributed by atoms with Gasteiger partial charge in [0.25, 0.3) is 0 Å². The van der Waals surface area contributed by atoms with Crippen molar-refractivity contribution in [3.63, 3.8) is 0 Å². The molecule has 2 heterocycles. The van der Waals surface area contributed by atoms with Crippen molar-refractivity contribution in [2.24, 2.45) is 0 Å². The number of thiocarbonyl (C=S) groups is 1. The van der Waals surface area contributed by atoms with Crippen LogP contribution in [0.4, 0.5) is 5.69 Å². The number of nitrogens with one attached hydrogen (secondary N) is 2. The van der Waals surface area contributed by atoms with Crippen LogP contribution in [0.3, 0.4) is 0 Å². The first kappa shape index (κ1) is 23.7. The number of hydrogen-bond acceptors (Lipinski definition) is 4. The summed E-state index contributed by atoms with van der Waals surface area (Å²) < 4.78 is 5.75. The van der Waals surface area contributed by atoms with Crippen molar-refractivity contribution < 1.29 is 9.21 Å². The van der Waals surface area contributed by atoms with Crippen LogP contribution in [0.25, 0.3) is 17.4 Å². The molecule has 1 amide bonds. The first-order valence-corrected chi connectivity index (χ1v) is 11.5. The molecule has 0 spiro atoms. The highest BCUT2D eigenvalue weighted by Crippen LogP contribution is 2.28. The molecule has 5 nitrogen and oxygen atoms in total. The minimum atomic E-state index is -0.379. The second-order valence-electron chi connectivity index (χ2n) is 7.37. The molecule has 0 aliphatic carbocycles. The van der Waals surface area contributed by atoms with E-state index in [-0.39, 0.29) is 11.0 Å². The number of aromatic nitrogens is 1. The van der Waals surface area contributed by atoms with Gasteiger partial charge in [0.05, 0.1) is 0 Å². The van der Waals surface area contributed by atoms with Crippen LogP contribution in [0.15, 0.2) is 89.6 Å². The first-order valence-electron chi connectivity index (χ1n) is 10.3. The normalized spacial score (nSPS) is 10.9. The van der Waals surface area contributed by atoms with Crippen LogP contribution in [0.2, 0.25) is 10.0 Å². The molecule has 2 aromatic heterocycles. The fraction of sp³-hybridized carbons (Fsp3) is 0.0385. The lowest BCUT2D eigenvalue weighted by molar-refractivity contribution is -0.115. The third kappa shape index (κ3) is 6.78.